The molecule has 1 aromatic carbocycles. The van der Waals surface area contributed by atoms with Gasteiger partial charge >= 0.3 is 0 Å². The maximum absolute atomic E-state index is 10.7. The average molecular weight is 219 g/mol. The van der Waals surface area contributed by atoms with Crippen LogP contribution in [0.4, 0.5) is 0 Å². The van der Waals surface area contributed by atoms with E-state index in [1.54, 1.807) is 0 Å². The lowest BCUT2D eigenvalue weighted by Gasteiger charge is -2.27. The molecule has 2 rings (SSSR count). The molecule has 1 heterocycles. The van der Waals surface area contributed by atoms with Gasteiger partial charge < -0.3 is 10.0 Å². The highest BCUT2D eigenvalue weighted by Crippen LogP contribution is 2.32. The Hall–Kier alpha value is -0.860. The zero-order chi connectivity index (χ0) is 11.6. The molecule has 1 saturated heterocycles. The van der Waals surface area contributed by atoms with Crippen molar-refractivity contribution in [3.63, 3.8) is 0 Å². The molecule has 0 saturated carbocycles. The Morgan fingerprint density at radius 2 is 2.06 bits per heavy atom. The topological polar surface area (TPSA) is 23.5 Å². The molecule has 1 atom stereocenters. The van der Waals surface area contributed by atoms with Crippen LogP contribution in [0.15, 0.2) is 24.3 Å². The smallest absolute Gasteiger partial charge is 0.0909 e. The summed E-state index contributed by atoms with van der Waals surface area (Å²) in [6, 6.07) is 8.29. The van der Waals surface area contributed by atoms with Crippen molar-refractivity contribution in [1.82, 2.24) is 4.90 Å². The van der Waals surface area contributed by atoms with Gasteiger partial charge in [0.25, 0.3) is 0 Å². The van der Waals surface area contributed by atoms with Crippen LogP contribution in [0.1, 0.15) is 30.4 Å². The molecule has 1 unspecified atom stereocenters. The molecular weight excluding hydrogens is 198 g/mol. The number of rotatable bonds is 1. The van der Waals surface area contributed by atoms with Crippen molar-refractivity contribution in [3.05, 3.63) is 35.4 Å². The number of benzene rings is 1. The Morgan fingerprint density at radius 1 is 1.25 bits per heavy atom. The summed E-state index contributed by atoms with van der Waals surface area (Å²) in [4.78, 5) is 2.30. The first-order valence-electron chi connectivity index (χ1n) is 6.08. The molecule has 1 aliphatic heterocycles. The number of aliphatic hydroxyl groups is 1. The Morgan fingerprint density at radius 3 is 2.81 bits per heavy atom. The fourth-order valence-corrected chi connectivity index (χ4v) is 2.48. The summed E-state index contributed by atoms with van der Waals surface area (Å²) in [5.74, 6) is 0. The molecule has 0 bridgehead atoms. The molecule has 1 N–H and O–H groups in total. The average Bonchev–Trinajstić information content (AvgIpc) is 2.42. The van der Waals surface area contributed by atoms with Gasteiger partial charge in [0.2, 0.25) is 0 Å². The van der Waals surface area contributed by atoms with E-state index in [2.05, 4.69) is 37.1 Å². The van der Waals surface area contributed by atoms with Crippen LogP contribution in [0.2, 0.25) is 0 Å². The molecule has 1 aromatic rings. The molecule has 0 spiro atoms. The Labute approximate surface area is 97.9 Å². The van der Waals surface area contributed by atoms with Crippen molar-refractivity contribution < 1.29 is 5.11 Å². The van der Waals surface area contributed by atoms with Crippen LogP contribution >= 0.6 is 0 Å². The predicted octanol–water partition coefficient (Wildman–Crippen LogP) is 2.30. The first-order valence-corrected chi connectivity index (χ1v) is 6.08. The van der Waals surface area contributed by atoms with E-state index >= 15 is 0 Å². The van der Waals surface area contributed by atoms with Gasteiger partial charge in [0.05, 0.1) is 5.60 Å². The minimum absolute atomic E-state index is 0.614. The second-order valence-corrected chi connectivity index (χ2v) is 5.06. The van der Waals surface area contributed by atoms with E-state index in [0.717, 1.165) is 37.9 Å². The molecule has 2 heteroatoms. The maximum atomic E-state index is 10.7. The van der Waals surface area contributed by atoms with Gasteiger partial charge in [0, 0.05) is 6.54 Å². The highest BCUT2D eigenvalue weighted by molar-refractivity contribution is 5.27. The van der Waals surface area contributed by atoms with Crippen molar-refractivity contribution >= 4 is 0 Å². The number of aryl methyl sites for hydroxylation is 1. The molecule has 0 radical (unpaired) electrons. The number of hydrogen-bond acceptors (Lipinski definition) is 2. The quantitative estimate of drug-likeness (QED) is 0.783. The van der Waals surface area contributed by atoms with Crippen molar-refractivity contribution in [1.29, 1.82) is 0 Å². The van der Waals surface area contributed by atoms with Crippen LogP contribution in [0.3, 0.4) is 0 Å². The van der Waals surface area contributed by atoms with E-state index in [-0.39, 0.29) is 0 Å². The molecule has 0 aromatic heterocycles. The van der Waals surface area contributed by atoms with Crippen LogP contribution < -0.4 is 0 Å². The van der Waals surface area contributed by atoms with E-state index in [1.165, 1.54) is 5.56 Å². The van der Waals surface area contributed by atoms with Gasteiger partial charge in [-0.3, -0.25) is 0 Å². The van der Waals surface area contributed by atoms with Crippen LogP contribution in [-0.2, 0) is 5.60 Å². The maximum Gasteiger partial charge on any atom is 0.0909 e. The van der Waals surface area contributed by atoms with Gasteiger partial charge in [-0.15, -0.1) is 0 Å². The third-order valence-electron chi connectivity index (χ3n) is 3.59. The summed E-state index contributed by atoms with van der Waals surface area (Å²) in [5.41, 5.74) is 1.70. The highest BCUT2D eigenvalue weighted by Gasteiger charge is 2.30. The number of nitrogens with zero attached hydrogens (tertiary/aromatic N) is 1. The van der Waals surface area contributed by atoms with Crippen molar-refractivity contribution in [3.8, 4) is 0 Å². The summed E-state index contributed by atoms with van der Waals surface area (Å²) < 4.78 is 0. The van der Waals surface area contributed by atoms with E-state index in [1.807, 2.05) is 6.07 Å². The zero-order valence-corrected chi connectivity index (χ0v) is 10.2. The van der Waals surface area contributed by atoms with Crippen LogP contribution in [0.25, 0.3) is 0 Å². The monoisotopic (exact) mass is 219 g/mol. The molecular formula is C14H21NO. The molecule has 1 fully saturated rings. The Balaban J connectivity index is 2.23. The Kier molecular flexibility index (Phi) is 3.31. The van der Waals surface area contributed by atoms with Crippen molar-refractivity contribution in [2.75, 3.05) is 20.1 Å². The van der Waals surface area contributed by atoms with Gasteiger partial charge in [-0.05, 0) is 45.3 Å². The lowest BCUT2D eigenvalue weighted by atomic mass is 9.86. The first-order chi connectivity index (χ1) is 7.60. The van der Waals surface area contributed by atoms with Gasteiger partial charge in [-0.2, -0.15) is 0 Å². The molecule has 16 heavy (non-hydrogen) atoms. The van der Waals surface area contributed by atoms with Crippen LogP contribution in [-0.4, -0.2) is 30.1 Å². The standard InChI is InChI=1S/C14H21NO/c1-12-5-3-6-13(11-12)14(16)7-4-9-15(2)10-8-14/h3,5-6,11,16H,4,7-10H2,1-2H3. The third kappa shape index (κ3) is 2.45. The minimum atomic E-state index is -0.614. The molecule has 88 valence electrons. The largest absolute Gasteiger partial charge is 0.385 e. The van der Waals surface area contributed by atoms with Crippen LogP contribution in [0, 0.1) is 6.92 Å². The normalized spacial score (nSPS) is 27.7. The summed E-state index contributed by atoms with van der Waals surface area (Å²) in [5, 5.41) is 10.7. The fraction of sp³-hybridized carbons (Fsp3) is 0.571. The summed E-state index contributed by atoms with van der Waals surface area (Å²) in [6.07, 6.45) is 2.79. The second-order valence-electron chi connectivity index (χ2n) is 5.06. The lowest BCUT2D eigenvalue weighted by Crippen LogP contribution is -2.27. The third-order valence-corrected chi connectivity index (χ3v) is 3.59. The zero-order valence-electron chi connectivity index (χ0n) is 10.2. The molecule has 2 nitrogen and oxygen atoms in total. The summed E-state index contributed by atoms with van der Waals surface area (Å²) in [6.45, 7) is 4.15. The van der Waals surface area contributed by atoms with Crippen molar-refractivity contribution in [2.24, 2.45) is 0 Å². The van der Waals surface area contributed by atoms with Gasteiger partial charge in [-0.25, -0.2) is 0 Å². The summed E-state index contributed by atoms with van der Waals surface area (Å²) in [7, 11) is 2.13. The molecule has 0 aliphatic carbocycles. The van der Waals surface area contributed by atoms with Gasteiger partial charge in [-0.1, -0.05) is 29.8 Å². The fourth-order valence-electron chi connectivity index (χ4n) is 2.48. The lowest BCUT2D eigenvalue weighted by molar-refractivity contribution is 0.0218. The van der Waals surface area contributed by atoms with Gasteiger partial charge in [0.1, 0.15) is 0 Å². The van der Waals surface area contributed by atoms with E-state index in [9.17, 15) is 5.11 Å². The molecule has 0 amide bonds. The van der Waals surface area contributed by atoms with Crippen molar-refractivity contribution in [2.45, 2.75) is 31.8 Å². The number of likely N-dealkylation sites (tertiary alicyclic amines) is 1. The second kappa shape index (κ2) is 4.56. The van der Waals surface area contributed by atoms with Crippen LogP contribution in [0.5, 0.6) is 0 Å². The Bertz CT molecular complexity index is 364. The van der Waals surface area contributed by atoms with E-state index in [4.69, 9.17) is 0 Å². The van der Waals surface area contributed by atoms with Gasteiger partial charge in [0.15, 0.2) is 0 Å². The molecule has 1 aliphatic rings. The van der Waals surface area contributed by atoms with E-state index < -0.39 is 5.60 Å². The van der Waals surface area contributed by atoms with E-state index in [0.29, 0.717) is 0 Å². The highest BCUT2D eigenvalue weighted by atomic mass is 16.3. The first kappa shape index (κ1) is 11.6. The predicted molar refractivity (Wildman–Crippen MR) is 66.4 cm³/mol. The SMILES string of the molecule is Cc1cccc(C2(O)CCCN(C)CC2)c1. The minimum Gasteiger partial charge on any atom is -0.385 e. The summed E-state index contributed by atoms with van der Waals surface area (Å²) >= 11 is 0. The number of hydrogen-bond donors (Lipinski definition) is 1.